The van der Waals surface area contributed by atoms with Gasteiger partial charge in [-0.25, -0.2) is 9.36 Å². The molecule has 3 heterocycles. The number of aromatic nitrogens is 1. The lowest BCUT2D eigenvalue weighted by Gasteiger charge is -2.28. The Morgan fingerprint density at radius 1 is 1.06 bits per heavy atom. The quantitative estimate of drug-likeness (QED) is 0.534. The van der Waals surface area contributed by atoms with Gasteiger partial charge in [0.15, 0.2) is 0 Å². The molecule has 5 rings (SSSR count). The third-order valence-corrected chi connectivity index (χ3v) is 6.80. The first-order chi connectivity index (χ1) is 17.1. The summed E-state index contributed by atoms with van der Waals surface area (Å²) in [7, 11) is 4.05. The van der Waals surface area contributed by atoms with Gasteiger partial charge in [0.1, 0.15) is 5.60 Å². The molecule has 1 saturated heterocycles. The van der Waals surface area contributed by atoms with E-state index in [1.807, 2.05) is 53.1 Å². The van der Waals surface area contributed by atoms with Gasteiger partial charge in [-0.15, -0.1) is 0 Å². The summed E-state index contributed by atoms with van der Waals surface area (Å²) in [6.45, 7) is 8.93. The number of carbonyl (C=O) groups excluding carboxylic acids is 2. The average molecular weight is 489 g/mol. The topological polar surface area (TPSA) is 66.8 Å². The van der Waals surface area contributed by atoms with E-state index in [2.05, 4.69) is 33.3 Å². The summed E-state index contributed by atoms with van der Waals surface area (Å²) in [6.07, 6.45) is 3.22. The van der Waals surface area contributed by atoms with Gasteiger partial charge in [0.2, 0.25) is 0 Å². The molecule has 1 amide bonds. The molecule has 2 aromatic carbocycles. The van der Waals surface area contributed by atoms with Crippen molar-refractivity contribution in [3.05, 3.63) is 53.1 Å². The molecule has 36 heavy (non-hydrogen) atoms. The van der Waals surface area contributed by atoms with Crippen LogP contribution in [0.2, 0.25) is 0 Å². The van der Waals surface area contributed by atoms with Crippen molar-refractivity contribution in [2.75, 3.05) is 32.1 Å². The minimum absolute atomic E-state index is 0.105. The zero-order valence-electron chi connectivity index (χ0n) is 22.0. The fraction of sp³-hybridized carbons (Fsp3) is 0.448. The predicted molar refractivity (Wildman–Crippen MR) is 144 cm³/mol. The molecule has 0 saturated carbocycles. The second-order valence-electron chi connectivity index (χ2n) is 11.2. The molecular weight excluding hydrogens is 452 g/mol. The normalized spacial score (nSPS) is 15.9. The molecule has 2 aliphatic heterocycles. The number of piperidine rings is 1. The van der Waals surface area contributed by atoms with Crippen molar-refractivity contribution in [2.45, 2.75) is 58.7 Å². The summed E-state index contributed by atoms with van der Waals surface area (Å²) >= 11 is 0. The second kappa shape index (κ2) is 9.28. The van der Waals surface area contributed by atoms with Crippen LogP contribution in [-0.2, 0) is 17.8 Å². The van der Waals surface area contributed by atoms with Crippen LogP contribution in [-0.4, -0.2) is 54.3 Å². The van der Waals surface area contributed by atoms with Crippen LogP contribution in [0.25, 0.3) is 22.2 Å². The summed E-state index contributed by atoms with van der Waals surface area (Å²) < 4.78 is 7.48. The van der Waals surface area contributed by atoms with E-state index < -0.39 is 11.7 Å². The van der Waals surface area contributed by atoms with Gasteiger partial charge in [0.25, 0.3) is 5.91 Å². The smallest absolute Gasteiger partial charge is 0.419 e. The first kappa shape index (κ1) is 24.4. The van der Waals surface area contributed by atoms with E-state index in [0.717, 1.165) is 47.2 Å². The van der Waals surface area contributed by atoms with E-state index in [1.165, 1.54) is 24.9 Å². The number of nitrogens with one attached hydrogen (secondary N) is 1. The third-order valence-electron chi connectivity index (χ3n) is 6.80. The Morgan fingerprint density at radius 2 is 1.81 bits per heavy atom. The molecule has 1 fully saturated rings. The first-order valence-corrected chi connectivity index (χ1v) is 12.8. The van der Waals surface area contributed by atoms with Crippen molar-refractivity contribution in [2.24, 2.45) is 0 Å². The Kier molecular flexibility index (Phi) is 6.29. The van der Waals surface area contributed by atoms with Crippen molar-refractivity contribution in [3.63, 3.8) is 0 Å². The molecule has 0 spiro atoms. The Labute approximate surface area is 213 Å². The van der Waals surface area contributed by atoms with Gasteiger partial charge in [-0.3, -0.25) is 4.79 Å². The summed E-state index contributed by atoms with van der Waals surface area (Å²) in [5, 5.41) is 3.93. The number of rotatable bonds is 4. The molecule has 190 valence electrons. The summed E-state index contributed by atoms with van der Waals surface area (Å²) in [5.41, 5.74) is 5.45. The van der Waals surface area contributed by atoms with Crippen molar-refractivity contribution < 1.29 is 14.3 Å². The SMILES string of the molecule is CN(C)Cc1cc2c(c(-c3cc4cc(N5CCCCC5)ccc4n3C(=O)OC(C)(C)C)c1)C(=O)NC2. The van der Waals surface area contributed by atoms with Crippen molar-refractivity contribution >= 4 is 28.6 Å². The fourth-order valence-electron chi connectivity index (χ4n) is 5.35. The van der Waals surface area contributed by atoms with Crippen LogP contribution >= 0.6 is 0 Å². The minimum Gasteiger partial charge on any atom is -0.443 e. The Hall–Kier alpha value is -3.32. The van der Waals surface area contributed by atoms with E-state index in [0.29, 0.717) is 17.8 Å². The molecule has 7 heteroatoms. The standard InChI is InChI=1S/C29H36N4O3/c1-29(2,3)36-28(35)33-24-10-9-22(32-11-7-6-8-12-32)15-20(24)16-25(33)23-14-19(18-31(4)5)13-21-17-30-27(34)26(21)23/h9-10,13-16H,6-8,11-12,17-18H2,1-5H3,(H,30,34). The average Bonchev–Trinajstić information content (AvgIpc) is 3.38. The lowest BCUT2D eigenvalue weighted by molar-refractivity contribution is 0.0547. The zero-order chi connectivity index (χ0) is 25.6. The molecule has 1 N–H and O–H groups in total. The van der Waals surface area contributed by atoms with Crippen LogP contribution in [0.15, 0.2) is 36.4 Å². The van der Waals surface area contributed by atoms with Gasteiger partial charge in [-0.05, 0) is 95.6 Å². The van der Waals surface area contributed by atoms with Gasteiger partial charge < -0.3 is 19.9 Å². The Bertz CT molecular complexity index is 1330. The van der Waals surface area contributed by atoms with E-state index in [1.54, 1.807) is 4.57 Å². The van der Waals surface area contributed by atoms with Gasteiger partial charge in [0, 0.05) is 42.8 Å². The van der Waals surface area contributed by atoms with E-state index in [9.17, 15) is 9.59 Å². The fourth-order valence-corrected chi connectivity index (χ4v) is 5.35. The molecule has 0 aliphatic carbocycles. The maximum absolute atomic E-state index is 13.6. The molecule has 0 atom stereocenters. The number of ether oxygens (including phenoxy) is 1. The van der Waals surface area contributed by atoms with Crippen molar-refractivity contribution in [1.82, 2.24) is 14.8 Å². The number of amides is 1. The number of hydrogen-bond donors (Lipinski definition) is 1. The zero-order valence-corrected chi connectivity index (χ0v) is 22.0. The highest BCUT2D eigenvalue weighted by molar-refractivity contribution is 6.07. The first-order valence-electron chi connectivity index (χ1n) is 12.8. The van der Waals surface area contributed by atoms with Crippen LogP contribution in [0.1, 0.15) is 61.5 Å². The predicted octanol–water partition coefficient (Wildman–Crippen LogP) is 5.39. The van der Waals surface area contributed by atoms with Crippen LogP contribution in [0.4, 0.5) is 10.5 Å². The highest BCUT2D eigenvalue weighted by Crippen LogP contribution is 2.37. The number of carbonyl (C=O) groups is 2. The van der Waals surface area contributed by atoms with Crippen LogP contribution < -0.4 is 10.2 Å². The number of fused-ring (bicyclic) bond motifs is 2. The Balaban J connectivity index is 1.71. The van der Waals surface area contributed by atoms with Crippen molar-refractivity contribution in [1.29, 1.82) is 0 Å². The molecule has 1 aromatic heterocycles. The van der Waals surface area contributed by atoms with E-state index in [4.69, 9.17) is 4.74 Å². The van der Waals surface area contributed by atoms with Gasteiger partial charge in [0.05, 0.1) is 16.8 Å². The number of anilines is 1. The van der Waals surface area contributed by atoms with Crippen LogP contribution in [0, 0.1) is 0 Å². The summed E-state index contributed by atoms with van der Waals surface area (Å²) in [4.78, 5) is 31.0. The van der Waals surface area contributed by atoms with Crippen LogP contribution in [0.5, 0.6) is 0 Å². The molecule has 2 aliphatic rings. The van der Waals surface area contributed by atoms with Gasteiger partial charge >= 0.3 is 6.09 Å². The summed E-state index contributed by atoms with van der Waals surface area (Å²) in [6, 6.07) is 12.4. The molecule has 0 bridgehead atoms. The second-order valence-corrected chi connectivity index (χ2v) is 11.2. The lowest BCUT2D eigenvalue weighted by Crippen LogP contribution is -2.29. The monoisotopic (exact) mass is 488 g/mol. The molecule has 7 nitrogen and oxygen atoms in total. The molecule has 3 aromatic rings. The number of hydrogen-bond acceptors (Lipinski definition) is 5. The molecule has 0 unspecified atom stereocenters. The Morgan fingerprint density at radius 3 is 2.50 bits per heavy atom. The summed E-state index contributed by atoms with van der Waals surface area (Å²) in [5.74, 6) is -0.105. The largest absolute Gasteiger partial charge is 0.443 e. The van der Waals surface area contributed by atoms with Crippen molar-refractivity contribution in [3.8, 4) is 11.3 Å². The van der Waals surface area contributed by atoms with E-state index >= 15 is 0 Å². The maximum atomic E-state index is 13.6. The third kappa shape index (κ3) is 4.72. The number of benzene rings is 2. The molecular formula is C29H36N4O3. The van der Waals surface area contributed by atoms with Gasteiger partial charge in [-0.1, -0.05) is 6.07 Å². The van der Waals surface area contributed by atoms with Gasteiger partial charge in [-0.2, -0.15) is 0 Å². The molecule has 0 radical (unpaired) electrons. The highest BCUT2D eigenvalue weighted by atomic mass is 16.6. The number of nitrogens with zero attached hydrogens (tertiary/aromatic N) is 3. The lowest BCUT2D eigenvalue weighted by atomic mass is 9.96. The maximum Gasteiger partial charge on any atom is 0.419 e. The minimum atomic E-state index is -0.648. The highest BCUT2D eigenvalue weighted by Gasteiger charge is 2.29. The van der Waals surface area contributed by atoms with Crippen LogP contribution in [0.3, 0.4) is 0 Å². The van der Waals surface area contributed by atoms with E-state index in [-0.39, 0.29) is 5.91 Å².